The molecule has 3 aromatic carbocycles. The first kappa shape index (κ1) is 24.8. The van der Waals surface area contributed by atoms with E-state index in [0.29, 0.717) is 42.5 Å². The number of nitrogens with zero attached hydrogens (tertiary/aromatic N) is 4. The summed E-state index contributed by atoms with van der Waals surface area (Å²) in [6.07, 6.45) is 0.757. The number of carbonyl (C=O) groups excluding carboxylic acids is 2. The zero-order chi connectivity index (χ0) is 26.9. The number of halogens is 1. The van der Waals surface area contributed by atoms with Gasteiger partial charge in [0.05, 0.1) is 30.0 Å². The van der Waals surface area contributed by atoms with Gasteiger partial charge in [-0.3, -0.25) is 24.4 Å². The van der Waals surface area contributed by atoms with Crippen LogP contribution in [0, 0.1) is 5.82 Å². The zero-order valence-corrected chi connectivity index (χ0v) is 21.4. The number of nitrogens with two attached hydrogens (primary N) is 1. The number of hydrogen-bond donors (Lipinski definition) is 2. The van der Waals surface area contributed by atoms with Crippen molar-refractivity contribution < 1.29 is 14.0 Å². The van der Waals surface area contributed by atoms with Crippen LogP contribution in [0.25, 0.3) is 0 Å². The number of rotatable bonds is 6. The Hall–Kier alpha value is -4.50. The van der Waals surface area contributed by atoms with Gasteiger partial charge in [0.15, 0.2) is 0 Å². The fourth-order valence-corrected chi connectivity index (χ4v) is 5.39. The SMILES string of the molecule is Nc1ccccc1NC(=O)c1ccc(CN2CCC3=C(C2)C(=O)N(Cc2cccc(F)c2)C2=NCCN23)cc1. The second-order valence-electron chi connectivity index (χ2n) is 9.98. The molecule has 0 radical (unpaired) electrons. The highest BCUT2D eigenvalue weighted by molar-refractivity contribution is 6.10. The Kier molecular flexibility index (Phi) is 6.58. The van der Waals surface area contributed by atoms with E-state index in [1.54, 1.807) is 35.2 Å². The van der Waals surface area contributed by atoms with Gasteiger partial charge in [0, 0.05) is 43.9 Å². The number of nitrogen functional groups attached to an aromatic ring is 1. The van der Waals surface area contributed by atoms with Crippen LogP contribution >= 0.6 is 0 Å². The second-order valence-corrected chi connectivity index (χ2v) is 9.98. The maximum absolute atomic E-state index is 13.8. The first-order valence-corrected chi connectivity index (χ1v) is 13.0. The Morgan fingerprint density at radius 1 is 0.974 bits per heavy atom. The Labute approximate surface area is 226 Å². The lowest BCUT2D eigenvalue weighted by molar-refractivity contribution is -0.125. The van der Waals surface area contributed by atoms with Crippen molar-refractivity contribution in [3.8, 4) is 0 Å². The summed E-state index contributed by atoms with van der Waals surface area (Å²) in [4.78, 5) is 37.0. The van der Waals surface area contributed by atoms with Gasteiger partial charge in [-0.2, -0.15) is 0 Å². The third-order valence-electron chi connectivity index (χ3n) is 7.34. The van der Waals surface area contributed by atoms with Crippen molar-refractivity contribution in [3.63, 3.8) is 0 Å². The molecule has 0 bridgehead atoms. The molecule has 9 heteroatoms. The fourth-order valence-electron chi connectivity index (χ4n) is 5.39. The van der Waals surface area contributed by atoms with Gasteiger partial charge < -0.3 is 16.0 Å². The van der Waals surface area contributed by atoms with Gasteiger partial charge in [-0.1, -0.05) is 36.4 Å². The first-order valence-electron chi connectivity index (χ1n) is 13.0. The van der Waals surface area contributed by atoms with Crippen molar-refractivity contribution in [3.05, 3.63) is 107 Å². The van der Waals surface area contributed by atoms with Crippen molar-refractivity contribution in [1.82, 2.24) is 14.7 Å². The van der Waals surface area contributed by atoms with Crippen LogP contribution in [0.15, 0.2) is 89.1 Å². The van der Waals surface area contributed by atoms with Crippen LogP contribution in [0.2, 0.25) is 0 Å². The van der Waals surface area contributed by atoms with Crippen molar-refractivity contribution in [1.29, 1.82) is 0 Å². The predicted molar refractivity (Wildman–Crippen MR) is 148 cm³/mol. The highest BCUT2D eigenvalue weighted by atomic mass is 19.1. The first-order chi connectivity index (χ1) is 19.0. The third kappa shape index (κ3) is 5.00. The van der Waals surface area contributed by atoms with E-state index in [1.807, 2.05) is 30.3 Å². The van der Waals surface area contributed by atoms with E-state index >= 15 is 0 Å². The third-order valence-corrected chi connectivity index (χ3v) is 7.34. The molecule has 3 heterocycles. The van der Waals surface area contributed by atoms with Gasteiger partial charge in [-0.05, 0) is 47.5 Å². The molecule has 2 amide bonds. The molecule has 3 aliphatic rings. The summed E-state index contributed by atoms with van der Waals surface area (Å²) in [7, 11) is 0. The van der Waals surface area contributed by atoms with Gasteiger partial charge in [0.25, 0.3) is 11.8 Å². The minimum atomic E-state index is -0.321. The average Bonchev–Trinajstić information content (AvgIpc) is 3.43. The molecule has 0 saturated carbocycles. The van der Waals surface area contributed by atoms with E-state index in [9.17, 15) is 14.0 Å². The number of nitrogens with one attached hydrogen (secondary N) is 1. The molecule has 0 saturated heterocycles. The summed E-state index contributed by atoms with van der Waals surface area (Å²) in [5.41, 5.74) is 11.2. The van der Waals surface area contributed by atoms with E-state index in [1.165, 1.54) is 12.1 Å². The summed E-state index contributed by atoms with van der Waals surface area (Å²) in [6, 6.07) is 21.0. The molecule has 3 N–H and O–H groups in total. The lowest BCUT2D eigenvalue weighted by Crippen LogP contribution is -2.53. The molecule has 0 spiro atoms. The summed E-state index contributed by atoms with van der Waals surface area (Å²) in [5.74, 6) is 0.0609. The number of hydrogen-bond acceptors (Lipinski definition) is 6. The molecule has 0 fully saturated rings. The van der Waals surface area contributed by atoms with Gasteiger partial charge >= 0.3 is 0 Å². The fraction of sp³-hybridized carbons (Fsp3) is 0.233. The van der Waals surface area contributed by atoms with Crippen molar-refractivity contribution in [2.45, 2.75) is 19.5 Å². The lowest BCUT2D eigenvalue weighted by atomic mass is 10.00. The van der Waals surface area contributed by atoms with E-state index < -0.39 is 0 Å². The number of amides is 2. The molecular weight excluding hydrogens is 495 g/mol. The molecule has 0 aromatic heterocycles. The largest absolute Gasteiger partial charge is 0.397 e. The maximum Gasteiger partial charge on any atom is 0.259 e. The second kappa shape index (κ2) is 10.3. The zero-order valence-electron chi connectivity index (χ0n) is 21.4. The summed E-state index contributed by atoms with van der Waals surface area (Å²) in [6.45, 7) is 3.66. The number of anilines is 2. The van der Waals surface area contributed by atoms with Crippen molar-refractivity contribution in [2.24, 2.45) is 4.99 Å². The predicted octanol–water partition coefficient (Wildman–Crippen LogP) is 3.83. The normalized spacial score (nSPS) is 17.2. The Morgan fingerprint density at radius 3 is 2.59 bits per heavy atom. The Morgan fingerprint density at radius 2 is 1.79 bits per heavy atom. The highest BCUT2D eigenvalue weighted by Gasteiger charge is 2.40. The molecule has 3 aromatic rings. The molecule has 6 rings (SSSR count). The van der Waals surface area contributed by atoms with E-state index in [4.69, 9.17) is 5.73 Å². The van der Waals surface area contributed by atoms with Gasteiger partial charge in [-0.15, -0.1) is 0 Å². The number of guanidine groups is 1. The van der Waals surface area contributed by atoms with Crippen molar-refractivity contribution in [2.75, 3.05) is 37.2 Å². The van der Waals surface area contributed by atoms with Crippen LogP contribution in [0.4, 0.5) is 15.8 Å². The summed E-state index contributed by atoms with van der Waals surface area (Å²) >= 11 is 0. The van der Waals surface area contributed by atoms with Crippen LogP contribution in [0.5, 0.6) is 0 Å². The minimum absolute atomic E-state index is 0.0666. The number of carbonyl (C=O) groups is 2. The molecule has 0 unspecified atom stereocenters. The molecule has 0 aliphatic carbocycles. The van der Waals surface area contributed by atoms with Crippen LogP contribution in [0.1, 0.15) is 27.9 Å². The molecular formula is C30H29FN6O2. The van der Waals surface area contributed by atoms with E-state index in [0.717, 1.165) is 41.9 Å². The quantitative estimate of drug-likeness (QED) is 0.478. The topological polar surface area (TPSA) is 94.3 Å². The standard InChI is InChI=1S/C30H29FN6O2/c31-23-5-3-4-21(16-23)18-37-29(39)24-19-35(14-12-27(24)36-15-13-33-30(36)37)17-20-8-10-22(11-9-20)28(38)34-26-7-2-1-6-25(26)32/h1-11,16H,12-15,17-19,32H2,(H,34,38). The van der Waals surface area contributed by atoms with Crippen molar-refractivity contribution >= 4 is 29.1 Å². The minimum Gasteiger partial charge on any atom is -0.397 e. The number of aliphatic imine (C=N–C) groups is 1. The number of benzene rings is 3. The van der Waals surface area contributed by atoms with Crippen LogP contribution in [0.3, 0.4) is 0 Å². The Balaban J connectivity index is 1.14. The molecule has 198 valence electrons. The Bertz CT molecular complexity index is 1500. The monoisotopic (exact) mass is 524 g/mol. The molecule has 8 nitrogen and oxygen atoms in total. The van der Waals surface area contributed by atoms with Gasteiger partial charge in [0.1, 0.15) is 5.82 Å². The summed E-state index contributed by atoms with van der Waals surface area (Å²) < 4.78 is 13.8. The van der Waals surface area contributed by atoms with Crippen LogP contribution < -0.4 is 11.1 Å². The number of fused-ring (bicyclic) bond motifs is 2. The van der Waals surface area contributed by atoms with E-state index in [2.05, 4.69) is 20.1 Å². The van der Waals surface area contributed by atoms with Crippen LogP contribution in [-0.2, 0) is 17.9 Å². The van der Waals surface area contributed by atoms with E-state index in [-0.39, 0.29) is 24.2 Å². The highest BCUT2D eigenvalue weighted by Crippen LogP contribution is 2.32. The molecule has 0 atom stereocenters. The van der Waals surface area contributed by atoms with Gasteiger partial charge in [-0.25, -0.2) is 4.39 Å². The van der Waals surface area contributed by atoms with Crippen LogP contribution in [-0.4, -0.2) is 58.7 Å². The average molecular weight is 525 g/mol. The van der Waals surface area contributed by atoms with Gasteiger partial charge in [0.2, 0.25) is 5.96 Å². The molecule has 3 aliphatic heterocycles. The number of para-hydroxylation sites is 2. The smallest absolute Gasteiger partial charge is 0.259 e. The lowest BCUT2D eigenvalue weighted by Gasteiger charge is -2.42. The maximum atomic E-state index is 13.8. The molecule has 39 heavy (non-hydrogen) atoms. The summed E-state index contributed by atoms with van der Waals surface area (Å²) in [5, 5.41) is 2.85.